The molecule has 2 amide bonds. The van der Waals surface area contributed by atoms with E-state index in [0.717, 1.165) is 12.8 Å². The molecule has 0 saturated carbocycles. The summed E-state index contributed by atoms with van der Waals surface area (Å²) in [5.74, 6) is 0.249. The molecule has 3 saturated heterocycles. The molecule has 3 aliphatic heterocycles. The molecule has 7 heteroatoms. The third-order valence-electron chi connectivity index (χ3n) is 4.86. The SMILES string of the molecule is CC(C)=CCN1C(=O)C2CCC1CN(C(=O)CCn1cncn1)C2. The van der Waals surface area contributed by atoms with E-state index in [-0.39, 0.29) is 23.8 Å². The van der Waals surface area contributed by atoms with Crippen LogP contribution in [-0.4, -0.2) is 62.1 Å². The number of rotatable bonds is 5. The van der Waals surface area contributed by atoms with Crippen LogP contribution >= 0.6 is 0 Å². The first-order valence-corrected chi connectivity index (χ1v) is 8.58. The van der Waals surface area contributed by atoms with Gasteiger partial charge in [-0.3, -0.25) is 14.3 Å². The van der Waals surface area contributed by atoms with Crippen molar-refractivity contribution in [3.63, 3.8) is 0 Å². The van der Waals surface area contributed by atoms with Crippen LogP contribution in [0.5, 0.6) is 0 Å². The maximum atomic E-state index is 12.7. The van der Waals surface area contributed by atoms with Gasteiger partial charge in [-0.05, 0) is 26.7 Å². The smallest absolute Gasteiger partial charge is 0.228 e. The van der Waals surface area contributed by atoms with Gasteiger partial charge >= 0.3 is 0 Å². The van der Waals surface area contributed by atoms with Crippen molar-refractivity contribution in [2.24, 2.45) is 5.92 Å². The first kappa shape index (κ1) is 16.7. The fourth-order valence-corrected chi connectivity index (χ4v) is 3.48. The second-order valence-electron chi connectivity index (χ2n) is 6.91. The first-order chi connectivity index (χ1) is 11.5. The summed E-state index contributed by atoms with van der Waals surface area (Å²) in [5, 5.41) is 4.03. The van der Waals surface area contributed by atoms with Gasteiger partial charge in [-0.15, -0.1) is 0 Å². The summed E-state index contributed by atoms with van der Waals surface area (Å²) < 4.78 is 1.66. The number of amides is 2. The normalized spacial score (nSPS) is 23.3. The van der Waals surface area contributed by atoms with Crippen LogP contribution in [0.4, 0.5) is 0 Å². The Kier molecular flexibility index (Phi) is 4.97. The van der Waals surface area contributed by atoms with E-state index in [9.17, 15) is 9.59 Å². The van der Waals surface area contributed by atoms with Crippen LogP contribution in [0.15, 0.2) is 24.3 Å². The fourth-order valence-electron chi connectivity index (χ4n) is 3.48. The van der Waals surface area contributed by atoms with Gasteiger partial charge in [0.25, 0.3) is 0 Å². The van der Waals surface area contributed by atoms with E-state index in [4.69, 9.17) is 0 Å². The van der Waals surface area contributed by atoms with E-state index in [1.54, 1.807) is 11.0 Å². The van der Waals surface area contributed by atoms with Crippen molar-refractivity contribution in [3.8, 4) is 0 Å². The molecule has 0 N–H and O–H groups in total. The van der Waals surface area contributed by atoms with Gasteiger partial charge in [-0.25, -0.2) is 4.98 Å². The van der Waals surface area contributed by atoms with E-state index in [1.165, 1.54) is 11.9 Å². The highest BCUT2D eigenvalue weighted by Gasteiger charge is 2.41. The Morgan fingerprint density at radius 2 is 2.17 bits per heavy atom. The molecule has 0 aromatic carbocycles. The highest BCUT2D eigenvalue weighted by molar-refractivity contribution is 5.83. The maximum Gasteiger partial charge on any atom is 0.228 e. The third kappa shape index (κ3) is 3.66. The van der Waals surface area contributed by atoms with Gasteiger partial charge in [-0.1, -0.05) is 11.6 Å². The zero-order valence-electron chi connectivity index (χ0n) is 14.4. The van der Waals surface area contributed by atoms with Crippen molar-refractivity contribution < 1.29 is 9.59 Å². The Hall–Kier alpha value is -2.18. The minimum absolute atomic E-state index is 0.0513. The van der Waals surface area contributed by atoms with E-state index >= 15 is 0 Å². The van der Waals surface area contributed by atoms with E-state index < -0.39 is 0 Å². The van der Waals surface area contributed by atoms with Crippen molar-refractivity contribution in [2.45, 2.75) is 45.7 Å². The molecule has 2 atom stereocenters. The molecule has 1 aromatic heterocycles. The Labute approximate surface area is 142 Å². The number of hydrogen-bond donors (Lipinski definition) is 0. The lowest BCUT2D eigenvalue weighted by Crippen LogP contribution is -2.48. The summed E-state index contributed by atoms with van der Waals surface area (Å²) in [6.07, 6.45) is 7.45. The van der Waals surface area contributed by atoms with Crippen LogP contribution in [0.3, 0.4) is 0 Å². The first-order valence-electron chi connectivity index (χ1n) is 8.58. The second-order valence-corrected chi connectivity index (χ2v) is 6.91. The molecule has 0 aliphatic carbocycles. The molecule has 2 unspecified atom stereocenters. The van der Waals surface area contributed by atoms with Crippen molar-refractivity contribution in [1.82, 2.24) is 24.6 Å². The van der Waals surface area contributed by atoms with Gasteiger partial charge in [0.2, 0.25) is 11.8 Å². The Morgan fingerprint density at radius 3 is 2.88 bits per heavy atom. The number of allylic oxidation sites excluding steroid dienone is 1. The van der Waals surface area contributed by atoms with Crippen LogP contribution in [0, 0.1) is 5.92 Å². The third-order valence-corrected chi connectivity index (χ3v) is 4.86. The highest BCUT2D eigenvalue weighted by Crippen LogP contribution is 2.29. The minimum atomic E-state index is -0.0513. The summed E-state index contributed by atoms with van der Waals surface area (Å²) in [7, 11) is 0. The van der Waals surface area contributed by atoms with Crippen LogP contribution in [0.2, 0.25) is 0 Å². The summed E-state index contributed by atoms with van der Waals surface area (Å²) in [6.45, 7) is 6.47. The van der Waals surface area contributed by atoms with Crippen molar-refractivity contribution in [1.29, 1.82) is 0 Å². The molecule has 2 bridgehead atoms. The largest absolute Gasteiger partial charge is 0.340 e. The number of carbonyl (C=O) groups is 2. The van der Waals surface area contributed by atoms with Crippen LogP contribution in [-0.2, 0) is 16.1 Å². The predicted octanol–water partition coefficient (Wildman–Crippen LogP) is 1.08. The molecule has 4 rings (SSSR count). The molecule has 0 spiro atoms. The number of fused-ring (bicyclic) bond motifs is 4. The van der Waals surface area contributed by atoms with Crippen molar-refractivity contribution in [3.05, 3.63) is 24.3 Å². The number of carbonyl (C=O) groups excluding carboxylic acids is 2. The highest BCUT2D eigenvalue weighted by atomic mass is 16.2. The lowest BCUT2D eigenvalue weighted by molar-refractivity contribution is -0.139. The van der Waals surface area contributed by atoms with Crippen LogP contribution in [0.25, 0.3) is 0 Å². The molecular weight excluding hydrogens is 306 g/mol. The average Bonchev–Trinajstić information content (AvgIpc) is 2.92. The second kappa shape index (κ2) is 7.15. The minimum Gasteiger partial charge on any atom is -0.340 e. The molecule has 7 nitrogen and oxygen atoms in total. The average molecular weight is 331 g/mol. The van der Waals surface area contributed by atoms with Gasteiger partial charge in [-0.2, -0.15) is 5.10 Å². The topological polar surface area (TPSA) is 71.3 Å². The Balaban J connectivity index is 1.64. The number of aryl methyl sites for hydroxylation is 1. The Bertz CT molecular complexity index is 621. The van der Waals surface area contributed by atoms with Crippen LogP contribution < -0.4 is 0 Å². The zero-order valence-corrected chi connectivity index (χ0v) is 14.4. The predicted molar refractivity (Wildman–Crippen MR) is 88.9 cm³/mol. The maximum absolute atomic E-state index is 12.7. The van der Waals surface area contributed by atoms with Gasteiger partial charge in [0.1, 0.15) is 12.7 Å². The number of piperidine rings is 1. The summed E-state index contributed by atoms with van der Waals surface area (Å²) >= 11 is 0. The van der Waals surface area contributed by atoms with E-state index in [1.807, 2.05) is 23.6 Å². The number of hydrogen-bond acceptors (Lipinski definition) is 4. The summed E-state index contributed by atoms with van der Waals surface area (Å²) in [4.78, 5) is 33.0. The number of aromatic nitrogens is 3. The van der Waals surface area contributed by atoms with E-state index in [0.29, 0.717) is 32.6 Å². The molecule has 3 aliphatic rings. The zero-order chi connectivity index (χ0) is 17.1. The van der Waals surface area contributed by atoms with Gasteiger partial charge in [0.05, 0.1) is 12.5 Å². The van der Waals surface area contributed by atoms with Crippen molar-refractivity contribution in [2.75, 3.05) is 19.6 Å². The lowest BCUT2D eigenvalue weighted by Gasteiger charge is -2.35. The monoisotopic (exact) mass is 331 g/mol. The molecule has 3 fully saturated rings. The molecule has 24 heavy (non-hydrogen) atoms. The van der Waals surface area contributed by atoms with Crippen LogP contribution in [0.1, 0.15) is 33.1 Å². The molecule has 0 radical (unpaired) electrons. The molecular formula is C17H25N5O2. The summed E-state index contributed by atoms with van der Waals surface area (Å²) in [6, 6.07) is 0.141. The van der Waals surface area contributed by atoms with Gasteiger partial charge in [0, 0.05) is 32.1 Å². The van der Waals surface area contributed by atoms with Crippen molar-refractivity contribution >= 4 is 11.8 Å². The fraction of sp³-hybridized carbons (Fsp3) is 0.647. The summed E-state index contributed by atoms with van der Waals surface area (Å²) in [5.41, 5.74) is 1.21. The molecule has 1 aromatic rings. The Morgan fingerprint density at radius 1 is 1.33 bits per heavy atom. The van der Waals surface area contributed by atoms with E-state index in [2.05, 4.69) is 16.2 Å². The quantitative estimate of drug-likeness (QED) is 0.757. The standard InChI is InChI=1S/C17H25N5O2/c1-13(2)5-8-22-15-4-3-14(17(22)24)9-20(10-15)16(23)6-7-21-12-18-11-19-21/h5,11-12,14-15H,3-4,6-10H2,1-2H3. The molecule has 4 heterocycles. The van der Waals surface area contributed by atoms with Gasteiger partial charge in [0.15, 0.2) is 0 Å². The number of nitrogens with zero attached hydrogens (tertiary/aromatic N) is 5. The molecule has 130 valence electrons. The lowest BCUT2D eigenvalue weighted by atomic mass is 9.94. The van der Waals surface area contributed by atoms with Gasteiger partial charge < -0.3 is 9.80 Å².